The molecule has 5 heteroatoms. The Morgan fingerprint density at radius 3 is 2.31 bits per heavy atom. The minimum atomic E-state index is -2.82. The lowest BCUT2D eigenvalue weighted by molar-refractivity contribution is 0.343. The van der Waals surface area contributed by atoms with E-state index in [0.29, 0.717) is 24.6 Å². The van der Waals surface area contributed by atoms with Gasteiger partial charge in [0.15, 0.2) is 9.84 Å². The molecule has 0 saturated heterocycles. The SMILES string of the molecule is CCCS(=O)(=O)CCN(C)CCCCCCl. The average molecular weight is 270 g/mol. The Morgan fingerprint density at radius 2 is 1.75 bits per heavy atom. The smallest absolute Gasteiger partial charge is 0.151 e. The number of hydrogen-bond acceptors (Lipinski definition) is 3. The van der Waals surface area contributed by atoms with Crippen molar-refractivity contribution in [2.45, 2.75) is 32.6 Å². The van der Waals surface area contributed by atoms with Gasteiger partial charge in [-0.25, -0.2) is 8.42 Å². The van der Waals surface area contributed by atoms with Crippen molar-refractivity contribution in [1.82, 2.24) is 4.90 Å². The molecule has 0 fully saturated rings. The number of unbranched alkanes of at least 4 members (excludes halogenated alkanes) is 2. The van der Waals surface area contributed by atoms with Crippen LogP contribution in [0.15, 0.2) is 0 Å². The highest BCUT2D eigenvalue weighted by Crippen LogP contribution is 2.00. The van der Waals surface area contributed by atoms with E-state index in [2.05, 4.69) is 4.90 Å². The Hall–Kier alpha value is 0.200. The number of hydrogen-bond donors (Lipinski definition) is 0. The molecule has 0 radical (unpaired) electrons. The predicted octanol–water partition coefficient (Wildman–Crippen LogP) is 2.15. The molecule has 0 unspecified atom stereocenters. The summed E-state index contributed by atoms with van der Waals surface area (Å²) < 4.78 is 22.9. The van der Waals surface area contributed by atoms with E-state index in [1.165, 1.54) is 0 Å². The highest BCUT2D eigenvalue weighted by atomic mass is 35.5. The zero-order valence-electron chi connectivity index (χ0n) is 10.4. The van der Waals surface area contributed by atoms with Crippen LogP contribution >= 0.6 is 11.6 Å². The van der Waals surface area contributed by atoms with Crippen LogP contribution in [0.2, 0.25) is 0 Å². The maximum Gasteiger partial charge on any atom is 0.151 e. The van der Waals surface area contributed by atoms with E-state index in [0.717, 1.165) is 25.8 Å². The third kappa shape index (κ3) is 9.43. The Bertz CT molecular complexity index is 255. The molecular weight excluding hydrogens is 246 g/mol. The van der Waals surface area contributed by atoms with Crippen molar-refractivity contribution >= 4 is 21.4 Å². The number of sulfone groups is 1. The summed E-state index contributed by atoms with van der Waals surface area (Å²) >= 11 is 5.58. The highest BCUT2D eigenvalue weighted by Gasteiger charge is 2.10. The van der Waals surface area contributed by atoms with Crippen LogP contribution in [0, 0.1) is 0 Å². The Kier molecular flexibility index (Phi) is 9.37. The largest absolute Gasteiger partial charge is 0.305 e. The monoisotopic (exact) mass is 269 g/mol. The molecule has 98 valence electrons. The molecule has 0 rings (SSSR count). The molecule has 0 aromatic heterocycles. The summed E-state index contributed by atoms with van der Waals surface area (Å²) in [7, 11) is -0.850. The van der Waals surface area contributed by atoms with E-state index in [1.54, 1.807) is 0 Å². The third-order valence-corrected chi connectivity index (χ3v) is 4.57. The van der Waals surface area contributed by atoms with Crippen LogP contribution in [0.1, 0.15) is 32.6 Å². The van der Waals surface area contributed by atoms with Gasteiger partial charge in [0, 0.05) is 18.2 Å². The summed E-state index contributed by atoms with van der Waals surface area (Å²) in [6.45, 7) is 3.50. The highest BCUT2D eigenvalue weighted by molar-refractivity contribution is 7.91. The molecule has 0 spiro atoms. The molecule has 0 aromatic rings. The van der Waals surface area contributed by atoms with Crippen molar-refractivity contribution in [3.8, 4) is 0 Å². The van der Waals surface area contributed by atoms with Crippen LogP contribution in [0.5, 0.6) is 0 Å². The first-order chi connectivity index (χ1) is 7.52. The van der Waals surface area contributed by atoms with Crippen LogP contribution in [0.3, 0.4) is 0 Å². The average Bonchev–Trinajstić information content (AvgIpc) is 2.22. The first-order valence-electron chi connectivity index (χ1n) is 5.96. The van der Waals surface area contributed by atoms with Gasteiger partial charge in [0.05, 0.1) is 5.75 Å². The van der Waals surface area contributed by atoms with Crippen LogP contribution < -0.4 is 0 Å². The molecule has 0 amide bonds. The van der Waals surface area contributed by atoms with E-state index in [4.69, 9.17) is 11.6 Å². The molecule has 3 nitrogen and oxygen atoms in total. The standard InChI is InChI=1S/C11H24ClNO2S/c1-3-10-16(14,15)11-9-13(2)8-6-4-5-7-12/h3-11H2,1-2H3. The second-order valence-corrected chi connectivity index (χ2v) is 6.89. The molecule has 0 aliphatic carbocycles. The quantitative estimate of drug-likeness (QED) is 0.451. The van der Waals surface area contributed by atoms with E-state index >= 15 is 0 Å². The zero-order chi connectivity index (χ0) is 12.4. The Labute approximate surface area is 105 Å². The van der Waals surface area contributed by atoms with E-state index in [1.807, 2.05) is 14.0 Å². The van der Waals surface area contributed by atoms with Gasteiger partial charge >= 0.3 is 0 Å². The van der Waals surface area contributed by atoms with Gasteiger partial charge in [0.1, 0.15) is 0 Å². The lowest BCUT2D eigenvalue weighted by Gasteiger charge is -2.16. The molecule has 0 atom stereocenters. The van der Waals surface area contributed by atoms with Gasteiger partial charge in [0.25, 0.3) is 0 Å². The van der Waals surface area contributed by atoms with Crippen molar-refractivity contribution in [2.24, 2.45) is 0 Å². The number of alkyl halides is 1. The fraction of sp³-hybridized carbons (Fsp3) is 1.00. The first-order valence-corrected chi connectivity index (χ1v) is 8.32. The molecule has 0 aliphatic heterocycles. The lowest BCUT2D eigenvalue weighted by atomic mass is 10.2. The van der Waals surface area contributed by atoms with Crippen molar-refractivity contribution < 1.29 is 8.42 Å². The fourth-order valence-electron chi connectivity index (χ4n) is 1.47. The predicted molar refractivity (Wildman–Crippen MR) is 71.0 cm³/mol. The van der Waals surface area contributed by atoms with Gasteiger partial charge in [-0.3, -0.25) is 0 Å². The van der Waals surface area contributed by atoms with E-state index in [-0.39, 0.29) is 5.75 Å². The van der Waals surface area contributed by atoms with Gasteiger partial charge < -0.3 is 4.90 Å². The number of halogens is 1. The van der Waals surface area contributed by atoms with E-state index < -0.39 is 9.84 Å². The molecule has 0 bridgehead atoms. The van der Waals surface area contributed by atoms with Crippen molar-refractivity contribution in [2.75, 3.05) is 37.5 Å². The fourth-order valence-corrected chi connectivity index (χ4v) is 3.08. The molecule has 0 heterocycles. The summed E-state index contributed by atoms with van der Waals surface area (Å²) in [5.74, 6) is 1.31. The summed E-state index contributed by atoms with van der Waals surface area (Å²) in [6, 6.07) is 0. The van der Waals surface area contributed by atoms with Gasteiger partial charge in [-0.2, -0.15) is 0 Å². The molecule has 16 heavy (non-hydrogen) atoms. The summed E-state index contributed by atoms with van der Waals surface area (Å²) in [5, 5.41) is 0. The topological polar surface area (TPSA) is 37.4 Å². The molecule has 0 aromatic carbocycles. The van der Waals surface area contributed by atoms with Gasteiger partial charge in [-0.15, -0.1) is 11.6 Å². The summed E-state index contributed by atoms with van der Waals surface area (Å²) in [6.07, 6.45) is 3.97. The Morgan fingerprint density at radius 1 is 1.06 bits per heavy atom. The first kappa shape index (κ1) is 16.2. The van der Waals surface area contributed by atoms with Crippen LogP contribution in [-0.2, 0) is 9.84 Å². The number of nitrogens with zero attached hydrogens (tertiary/aromatic N) is 1. The Balaban J connectivity index is 3.60. The maximum atomic E-state index is 11.5. The normalized spacial score (nSPS) is 12.2. The van der Waals surface area contributed by atoms with E-state index in [9.17, 15) is 8.42 Å². The van der Waals surface area contributed by atoms with Gasteiger partial charge in [-0.1, -0.05) is 13.3 Å². The minimum absolute atomic E-state index is 0.285. The van der Waals surface area contributed by atoms with Gasteiger partial charge in [-0.05, 0) is 32.9 Å². The second-order valence-electron chi connectivity index (χ2n) is 4.20. The van der Waals surface area contributed by atoms with Crippen LogP contribution in [0.4, 0.5) is 0 Å². The van der Waals surface area contributed by atoms with Crippen LogP contribution in [-0.4, -0.2) is 50.8 Å². The van der Waals surface area contributed by atoms with Crippen molar-refractivity contribution in [1.29, 1.82) is 0 Å². The molecule has 0 aliphatic rings. The summed E-state index contributed by atoms with van der Waals surface area (Å²) in [4.78, 5) is 2.08. The minimum Gasteiger partial charge on any atom is -0.305 e. The zero-order valence-corrected chi connectivity index (χ0v) is 12.0. The van der Waals surface area contributed by atoms with Crippen molar-refractivity contribution in [3.05, 3.63) is 0 Å². The summed E-state index contributed by atoms with van der Waals surface area (Å²) in [5.41, 5.74) is 0. The number of rotatable bonds is 10. The molecule has 0 saturated carbocycles. The maximum absolute atomic E-state index is 11.5. The molecule has 0 N–H and O–H groups in total. The lowest BCUT2D eigenvalue weighted by Crippen LogP contribution is -2.27. The molecular formula is C11H24ClNO2S. The second kappa shape index (κ2) is 9.25. The van der Waals surface area contributed by atoms with Crippen LogP contribution in [0.25, 0.3) is 0 Å². The third-order valence-electron chi connectivity index (χ3n) is 2.47. The van der Waals surface area contributed by atoms with Crippen molar-refractivity contribution in [3.63, 3.8) is 0 Å². The van der Waals surface area contributed by atoms with Gasteiger partial charge in [0.2, 0.25) is 0 Å².